The highest BCUT2D eigenvalue weighted by Gasteiger charge is 2.38. The molecule has 2 aromatic heterocycles. The maximum atomic E-state index is 13.2. The molecule has 2 aliphatic heterocycles. The van der Waals surface area contributed by atoms with Gasteiger partial charge < -0.3 is 9.80 Å². The molecule has 1 N–H and O–H groups in total. The van der Waals surface area contributed by atoms with Gasteiger partial charge in [-0.1, -0.05) is 33.3 Å². The van der Waals surface area contributed by atoms with Crippen molar-refractivity contribution in [3.8, 4) is 0 Å². The average Bonchev–Trinajstić information content (AvgIpc) is 3.41. The molecule has 9 nitrogen and oxygen atoms in total. The number of halogens is 1. The first-order chi connectivity index (χ1) is 16.0. The molecular weight excluding hydrogens is 508 g/mol. The summed E-state index contributed by atoms with van der Waals surface area (Å²) in [4.78, 5) is 54.9. The van der Waals surface area contributed by atoms with E-state index < -0.39 is 0 Å². The Kier molecular flexibility index (Phi) is 5.90. The molecule has 1 unspecified atom stereocenters. The topological polar surface area (TPSA) is 108 Å². The SMILES string of the molecule is O=C(Nc1nc2c(s1)CN(C(=O)C1CC(=O)N(c3cccc(Br)c3)C1)CC2)c1cnccn1. The van der Waals surface area contributed by atoms with Crippen molar-refractivity contribution >= 4 is 55.8 Å². The van der Waals surface area contributed by atoms with Gasteiger partial charge in [-0.05, 0) is 18.2 Å². The molecule has 33 heavy (non-hydrogen) atoms. The summed E-state index contributed by atoms with van der Waals surface area (Å²) in [5, 5.41) is 3.23. The van der Waals surface area contributed by atoms with E-state index in [9.17, 15) is 14.4 Å². The summed E-state index contributed by atoms with van der Waals surface area (Å²) in [5.41, 5.74) is 1.89. The lowest BCUT2D eigenvalue weighted by atomic mass is 10.1. The zero-order valence-corrected chi connectivity index (χ0v) is 19.8. The number of hydrogen-bond acceptors (Lipinski definition) is 7. The van der Waals surface area contributed by atoms with Crippen molar-refractivity contribution < 1.29 is 14.4 Å². The number of benzene rings is 1. The number of amides is 3. The molecule has 4 heterocycles. The standard InChI is InChI=1S/C22H19BrN6O3S/c23-14-2-1-3-15(9-14)29-11-13(8-19(29)30)21(32)28-7-4-16-18(12-28)33-22(26-16)27-20(31)17-10-24-5-6-25-17/h1-3,5-6,9-10,13H,4,7-8,11-12H2,(H,26,27,31). The van der Waals surface area contributed by atoms with Gasteiger partial charge in [-0.2, -0.15) is 0 Å². The predicted molar refractivity (Wildman–Crippen MR) is 126 cm³/mol. The molecule has 0 radical (unpaired) electrons. The number of nitrogens with one attached hydrogen (secondary N) is 1. The summed E-state index contributed by atoms with van der Waals surface area (Å²) in [6, 6.07) is 7.53. The number of anilines is 2. The summed E-state index contributed by atoms with van der Waals surface area (Å²) in [7, 11) is 0. The monoisotopic (exact) mass is 526 g/mol. The molecule has 1 aromatic carbocycles. The number of hydrogen-bond donors (Lipinski definition) is 1. The normalized spacial score (nSPS) is 17.7. The van der Waals surface area contributed by atoms with Crippen molar-refractivity contribution in [2.24, 2.45) is 5.92 Å². The van der Waals surface area contributed by atoms with E-state index in [-0.39, 0.29) is 35.8 Å². The van der Waals surface area contributed by atoms with E-state index in [1.807, 2.05) is 24.3 Å². The van der Waals surface area contributed by atoms with Gasteiger partial charge in [0.15, 0.2) is 5.13 Å². The van der Waals surface area contributed by atoms with Crippen LogP contribution in [0.15, 0.2) is 47.3 Å². The summed E-state index contributed by atoms with van der Waals surface area (Å²) in [6.07, 6.45) is 5.16. The lowest BCUT2D eigenvalue weighted by Gasteiger charge is -2.28. The molecule has 0 bridgehead atoms. The minimum absolute atomic E-state index is 0.0231. The molecule has 3 aromatic rings. The van der Waals surface area contributed by atoms with Crippen LogP contribution in [0.1, 0.15) is 27.5 Å². The molecule has 0 spiro atoms. The maximum absolute atomic E-state index is 13.2. The van der Waals surface area contributed by atoms with Crippen molar-refractivity contribution in [2.75, 3.05) is 23.3 Å². The summed E-state index contributed by atoms with van der Waals surface area (Å²) in [5.74, 6) is -0.818. The third-order valence-electron chi connectivity index (χ3n) is 5.65. The lowest BCUT2D eigenvalue weighted by Crippen LogP contribution is -2.40. The number of rotatable bonds is 4. The molecule has 168 valence electrons. The second kappa shape index (κ2) is 8.99. The largest absolute Gasteiger partial charge is 0.337 e. The average molecular weight is 527 g/mol. The van der Waals surface area contributed by atoms with Crippen LogP contribution in [0.5, 0.6) is 0 Å². The van der Waals surface area contributed by atoms with E-state index in [4.69, 9.17) is 0 Å². The van der Waals surface area contributed by atoms with E-state index in [2.05, 4.69) is 36.2 Å². The molecule has 0 aliphatic carbocycles. The third kappa shape index (κ3) is 4.51. The number of carbonyl (C=O) groups excluding carboxylic acids is 3. The Morgan fingerprint density at radius 1 is 1.24 bits per heavy atom. The van der Waals surface area contributed by atoms with E-state index in [1.165, 1.54) is 29.9 Å². The molecule has 1 saturated heterocycles. The fourth-order valence-electron chi connectivity index (χ4n) is 4.04. The van der Waals surface area contributed by atoms with Crippen LogP contribution in [-0.4, -0.2) is 50.7 Å². The summed E-state index contributed by atoms with van der Waals surface area (Å²) in [6.45, 7) is 1.34. The van der Waals surface area contributed by atoms with Crippen LogP contribution in [0.4, 0.5) is 10.8 Å². The Hall–Kier alpha value is -3.18. The van der Waals surface area contributed by atoms with Crippen LogP contribution in [0.3, 0.4) is 0 Å². The van der Waals surface area contributed by atoms with Crippen LogP contribution in [0.25, 0.3) is 0 Å². The molecule has 11 heteroatoms. The molecule has 2 aliphatic rings. The molecule has 1 fully saturated rings. The fraction of sp³-hybridized carbons (Fsp3) is 0.273. The van der Waals surface area contributed by atoms with Crippen LogP contribution in [0.2, 0.25) is 0 Å². The molecule has 5 rings (SSSR count). The minimum atomic E-state index is -0.376. The number of carbonyl (C=O) groups is 3. The van der Waals surface area contributed by atoms with Crippen molar-refractivity contribution in [3.63, 3.8) is 0 Å². The zero-order valence-electron chi connectivity index (χ0n) is 17.4. The first kappa shape index (κ1) is 21.7. The van der Waals surface area contributed by atoms with Gasteiger partial charge in [0.25, 0.3) is 5.91 Å². The van der Waals surface area contributed by atoms with Gasteiger partial charge >= 0.3 is 0 Å². The lowest BCUT2D eigenvalue weighted by molar-refractivity contribution is -0.136. The highest BCUT2D eigenvalue weighted by atomic mass is 79.9. The van der Waals surface area contributed by atoms with E-state index in [1.54, 1.807) is 9.80 Å². The minimum Gasteiger partial charge on any atom is -0.337 e. The highest BCUT2D eigenvalue weighted by molar-refractivity contribution is 9.10. The predicted octanol–water partition coefficient (Wildman–Crippen LogP) is 2.89. The van der Waals surface area contributed by atoms with E-state index in [0.29, 0.717) is 31.2 Å². The molecule has 3 amide bonds. The quantitative estimate of drug-likeness (QED) is 0.559. The van der Waals surface area contributed by atoms with E-state index >= 15 is 0 Å². The zero-order chi connectivity index (χ0) is 22.9. The van der Waals surface area contributed by atoms with Gasteiger partial charge in [-0.3, -0.25) is 24.7 Å². The third-order valence-corrected chi connectivity index (χ3v) is 7.14. The maximum Gasteiger partial charge on any atom is 0.277 e. The van der Waals surface area contributed by atoms with Gasteiger partial charge in [-0.25, -0.2) is 9.97 Å². The van der Waals surface area contributed by atoms with Crippen molar-refractivity contribution in [3.05, 3.63) is 63.6 Å². The Morgan fingerprint density at radius 3 is 2.91 bits per heavy atom. The first-order valence-electron chi connectivity index (χ1n) is 10.4. The first-order valence-corrected chi connectivity index (χ1v) is 12.0. The summed E-state index contributed by atoms with van der Waals surface area (Å²) >= 11 is 4.78. The Labute approximate surface area is 202 Å². The number of nitrogens with zero attached hydrogens (tertiary/aromatic N) is 5. The Bertz CT molecular complexity index is 1230. The summed E-state index contributed by atoms with van der Waals surface area (Å²) < 4.78 is 0.888. The van der Waals surface area contributed by atoms with Crippen LogP contribution in [0, 0.1) is 5.92 Å². The van der Waals surface area contributed by atoms with Crippen LogP contribution >= 0.6 is 27.3 Å². The van der Waals surface area contributed by atoms with Crippen molar-refractivity contribution in [2.45, 2.75) is 19.4 Å². The molecule has 0 saturated carbocycles. The Balaban J connectivity index is 1.24. The second-order valence-electron chi connectivity index (χ2n) is 7.83. The van der Waals surface area contributed by atoms with Gasteiger partial charge in [0, 0.05) is 53.4 Å². The van der Waals surface area contributed by atoms with Crippen molar-refractivity contribution in [1.29, 1.82) is 0 Å². The van der Waals surface area contributed by atoms with Gasteiger partial charge in [-0.15, -0.1) is 0 Å². The smallest absolute Gasteiger partial charge is 0.277 e. The van der Waals surface area contributed by atoms with Gasteiger partial charge in [0.1, 0.15) is 5.69 Å². The fourth-order valence-corrected chi connectivity index (χ4v) is 5.45. The Morgan fingerprint density at radius 2 is 2.12 bits per heavy atom. The number of fused-ring (bicyclic) bond motifs is 1. The highest BCUT2D eigenvalue weighted by Crippen LogP contribution is 2.32. The molecule has 1 atom stereocenters. The van der Waals surface area contributed by atoms with Crippen LogP contribution in [-0.2, 0) is 22.6 Å². The second-order valence-corrected chi connectivity index (χ2v) is 9.83. The van der Waals surface area contributed by atoms with Gasteiger partial charge in [0.05, 0.1) is 24.4 Å². The van der Waals surface area contributed by atoms with Crippen LogP contribution < -0.4 is 10.2 Å². The van der Waals surface area contributed by atoms with E-state index in [0.717, 1.165) is 20.7 Å². The number of aromatic nitrogens is 3. The van der Waals surface area contributed by atoms with Crippen molar-refractivity contribution in [1.82, 2.24) is 19.9 Å². The number of thiazole rings is 1. The van der Waals surface area contributed by atoms with Gasteiger partial charge in [0.2, 0.25) is 11.8 Å². The molecular formula is C22H19BrN6O3S.